The van der Waals surface area contributed by atoms with Crippen molar-refractivity contribution in [1.82, 2.24) is 14.9 Å². The van der Waals surface area contributed by atoms with Crippen molar-refractivity contribution in [3.05, 3.63) is 58.6 Å². The van der Waals surface area contributed by atoms with Crippen molar-refractivity contribution in [2.45, 2.75) is 12.3 Å². The first kappa shape index (κ1) is 14.4. The van der Waals surface area contributed by atoms with E-state index in [4.69, 9.17) is 11.6 Å². The number of aromatic nitrogens is 2. The summed E-state index contributed by atoms with van der Waals surface area (Å²) in [6.45, 7) is 2.55. The van der Waals surface area contributed by atoms with Crippen LogP contribution in [0.25, 0.3) is 0 Å². The van der Waals surface area contributed by atoms with Gasteiger partial charge in [-0.25, -0.2) is 4.98 Å². The quantitative estimate of drug-likeness (QED) is 0.852. The number of thioether (sulfide) groups is 1. The first-order valence-corrected chi connectivity index (χ1v) is 8.04. The lowest BCUT2D eigenvalue weighted by Crippen LogP contribution is -2.31. The summed E-state index contributed by atoms with van der Waals surface area (Å²) < 4.78 is 0. The van der Waals surface area contributed by atoms with E-state index in [1.54, 1.807) is 18.0 Å². The van der Waals surface area contributed by atoms with Gasteiger partial charge in [0.05, 0.1) is 11.9 Å². The molecule has 4 nitrogen and oxygen atoms in total. The molecule has 1 aromatic heterocycles. The summed E-state index contributed by atoms with van der Waals surface area (Å²) in [5, 5.41) is 0.668. The fraction of sp³-hybridized carbons (Fsp3) is 0.267. The second kappa shape index (κ2) is 6.03. The molecule has 3 rings (SSSR count). The van der Waals surface area contributed by atoms with Gasteiger partial charge in [-0.15, -0.1) is 11.8 Å². The molecule has 0 saturated carbocycles. The van der Waals surface area contributed by atoms with Gasteiger partial charge in [0.25, 0.3) is 5.91 Å². The van der Waals surface area contributed by atoms with E-state index in [1.165, 1.54) is 6.20 Å². The molecule has 1 fully saturated rings. The molecule has 1 atom stereocenters. The maximum atomic E-state index is 12.6. The van der Waals surface area contributed by atoms with Crippen molar-refractivity contribution in [3.63, 3.8) is 0 Å². The molecule has 108 valence electrons. The summed E-state index contributed by atoms with van der Waals surface area (Å²) in [5.74, 6) is 0.819. The summed E-state index contributed by atoms with van der Waals surface area (Å²) in [7, 11) is 0. The molecular formula is C15H14ClN3OS. The van der Waals surface area contributed by atoms with Crippen molar-refractivity contribution in [1.29, 1.82) is 0 Å². The van der Waals surface area contributed by atoms with Crippen LogP contribution in [0.3, 0.4) is 0 Å². The highest BCUT2D eigenvalue weighted by atomic mass is 35.5. The van der Waals surface area contributed by atoms with Crippen LogP contribution in [-0.4, -0.2) is 33.1 Å². The molecule has 1 amide bonds. The van der Waals surface area contributed by atoms with E-state index in [2.05, 4.69) is 9.97 Å². The van der Waals surface area contributed by atoms with E-state index in [0.29, 0.717) is 17.3 Å². The second-order valence-corrected chi connectivity index (χ2v) is 6.44. The van der Waals surface area contributed by atoms with E-state index in [1.807, 2.05) is 36.1 Å². The SMILES string of the molecule is Cc1cnc(C(=O)N2CCSC2c2cccc(Cl)c2)cn1. The van der Waals surface area contributed by atoms with Crippen LogP contribution in [0.1, 0.15) is 27.1 Å². The predicted octanol–water partition coefficient (Wildman–Crippen LogP) is 3.33. The number of carbonyl (C=O) groups excluding carboxylic acids is 1. The smallest absolute Gasteiger partial charge is 0.275 e. The Hall–Kier alpha value is -1.59. The van der Waals surface area contributed by atoms with Crippen LogP contribution in [0.5, 0.6) is 0 Å². The highest BCUT2D eigenvalue weighted by Gasteiger charge is 2.32. The maximum absolute atomic E-state index is 12.6. The summed E-state index contributed by atoms with van der Waals surface area (Å²) in [6.07, 6.45) is 3.15. The first-order valence-electron chi connectivity index (χ1n) is 6.62. The van der Waals surface area contributed by atoms with Gasteiger partial charge in [0.2, 0.25) is 0 Å². The second-order valence-electron chi connectivity index (χ2n) is 4.82. The lowest BCUT2D eigenvalue weighted by Gasteiger charge is -2.23. The van der Waals surface area contributed by atoms with Crippen molar-refractivity contribution in [2.24, 2.45) is 0 Å². The zero-order valence-electron chi connectivity index (χ0n) is 11.5. The van der Waals surface area contributed by atoms with E-state index in [-0.39, 0.29) is 11.3 Å². The Kier molecular flexibility index (Phi) is 4.12. The third kappa shape index (κ3) is 3.04. The van der Waals surface area contributed by atoms with Crippen molar-refractivity contribution in [3.8, 4) is 0 Å². The molecule has 1 aliphatic heterocycles. The molecule has 0 N–H and O–H groups in total. The van der Waals surface area contributed by atoms with Gasteiger partial charge in [0.15, 0.2) is 0 Å². The minimum Gasteiger partial charge on any atom is -0.320 e. The average molecular weight is 320 g/mol. The Morgan fingerprint density at radius 3 is 2.95 bits per heavy atom. The first-order chi connectivity index (χ1) is 10.1. The Morgan fingerprint density at radius 2 is 2.24 bits per heavy atom. The molecule has 2 aromatic rings. The fourth-order valence-electron chi connectivity index (χ4n) is 2.26. The number of hydrogen-bond acceptors (Lipinski definition) is 4. The lowest BCUT2D eigenvalue weighted by molar-refractivity contribution is 0.0754. The van der Waals surface area contributed by atoms with Gasteiger partial charge in [-0.3, -0.25) is 9.78 Å². The van der Waals surface area contributed by atoms with Gasteiger partial charge in [0.1, 0.15) is 11.1 Å². The molecule has 0 radical (unpaired) electrons. The van der Waals surface area contributed by atoms with Crippen molar-refractivity contribution >= 4 is 29.3 Å². The highest BCUT2D eigenvalue weighted by Crippen LogP contribution is 2.39. The number of hydrogen-bond donors (Lipinski definition) is 0. The van der Waals surface area contributed by atoms with Gasteiger partial charge in [0, 0.05) is 23.5 Å². The predicted molar refractivity (Wildman–Crippen MR) is 84.5 cm³/mol. The van der Waals surface area contributed by atoms with Crippen LogP contribution < -0.4 is 0 Å². The number of amides is 1. The standard InChI is InChI=1S/C15H14ClN3OS/c1-10-8-18-13(9-17-10)14(20)19-5-6-21-15(19)11-3-2-4-12(16)7-11/h2-4,7-9,15H,5-6H2,1H3. The van der Waals surface area contributed by atoms with Crippen LogP contribution in [-0.2, 0) is 0 Å². The van der Waals surface area contributed by atoms with Crippen LogP contribution >= 0.6 is 23.4 Å². The van der Waals surface area contributed by atoms with Crippen LogP contribution in [0.15, 0.2) is 36.7 Å². The van der Waals surface area contributed by atoms with Gasteiger partial charge >= 0.3 is 0 Å². The summed E-state index contributed by atoms with van der Waals surface area (Å²) in [6, 6.07) is 7.65. The Bertz CT molecular complexity index is 662. The molecular weight excluding hydrogens is 306 g/mol. The molecule has 1 unspecified atom stereocenters. The van der Waals surface area contributed by atoms with E-state index >= 15 is 0 Å². The minimum absolute atomic E-state index is 0.0145. The van der Waals surface area contributed by atoms with Crippen LogP contribution in [0, 0.1) is 6.92 Å². The molecule has 0 bridgehead atoms. The zero-order valence-corrected chi connectivity index (χ0v) is 13.1. The molecule has 1 aliphatic rings. The zero-order chi connectivity index (χ0) is 14.8. The van der Waals surface area contributed by atoms with Gasteiger partial charge < -0.3 is 4.90 Å². The molecule has 6 heteroatoms. The number of aryl methyl sites for hydroxylation is 1. The summed E-state index contributed by atoms with van der Waals surface area (Å²) in [5.41, 5.74) is 2.22. The molecule has 2 heterocycles. The summed E-state index contributed by atoms with van der Waals surface area (Å²) in [4.78, 5) is 22.8. The molecule has 1 saturated heterocycles. The van der Waals surface area contributed by atoms with Crippen LogP contribution in [0.4, 0.5) is 0 Å². The van der Waals surface area contributed by atoms with Crippen molar-refractivity contribution in [2.75, 3.05) is 12.3 Å². The third-order valence-electron chi connectivity index (χ3n) is 3.29. The van der Waals surface area contributed by atoms with E-state index in [9.17, 15) is 4.79 Å². The molecule has 1 aromatic carbocycles. The monoisotopic (exact) mass is 319 g/mol. The number of rotatable bonds is 2. The molecule has 0 aliphatic carbocycles. The van der Waals surface area contributed by atoms with Gasteiger partial charge in [-0.05, 0) is 24.6 Å². The lowest BCUT2D eigenvalue weighted by atomic mass is 10.2. The Morgan fingerprint density at radius 1 is 1.38 bits per heavy atom. The Labute approximate surface area is 132 Å². The molecule has 21 heavy (non-hydrogen) atoms. The number of carbonyl (C=O) groups is 1. The van der Waals surface area contributed by atoms with Crippen molar-refractivity contribution < 1.29 is 4.79 Å². The average Bonchev–Trinajstić information content (AvgIpc) is 2.97. The number of nitrogens with zero attached hydrogens (tertiary/aromatic N) is 3. The maximum Gasteiger partial charge on any atom is 0.275 e. The van der Waals surface area contributed by atoms with E-state index in [0.717, 1.165) is 17.0 Å². The fourth-order valence-corrected chi connectivity index (χ4v) is 3.71. The largest absolute Gasteiger partial charge is 0.320 e. The minimum atomic E-state index is -0.0857. The topological polar surface area (TPSA) is 46.1 Å². The van der Waals surface area contributed by atoms with Gasteiger partial charge in [-0.1, -0.05) is 23.7 Å². The normalized spacial score (nSPS) is 18.0. The van der Waals surface area contributed by atoms with Gasteiger partial charge in [-0.2, -0.15) is 0 Å². The molecule has 0 spiro atoms. The summed E-state index contributed by atoms with van der Waals surface area (Å²) >= 11 is 7.79. The highest BCUT2D eigenvalue weighted by molar-refractivity contribution is 7.99. The number of benzene rings is 1. The van der Waals surface area contributed by atoms with Crippen LogP contribution in [0.2, 0.25) is 5.02 Å². The van der Waals surface area contributed by atoms with E-state index < -0.39 is 0 Å². The number of halogens is 1. The third-order valence-corrected chi connectivity index (χ3v) is 4.78. The Balaban J connectivity index is 1.87.